The first-order valence-electron chi connectivity index (χ1n) is 11.8. The first-order chi connectivity index (χ1) is 17.7. The van der Waals surface area contributed by atoms with Gasteiger partial charge in [-0.25, -0.2) is 4.79 Å². The first kappa shape index (κ1) is 26.5. The molecule has 2 amide bonds. The molecule has 0 bridgehead atoms. The molecule has 0 saturated carbocycles. The molecule has 4 rings (SSSR count). The van der Waals surface area contributed by atoms with Gasteiger partial charge in [-0.3, -0.25) is 9.59 Å². The number of hydrogen-bond donors (Lipinski definition) is 2. The first-order valence-corrected chi connectivity index (χ1v) is 12.7. The van der Waals surface area contributed by atoms with Crippen LogP contribution in [0.2, 0.25) is 5.02 Å². The number of ether oxygens (including phenoxy) is 1. The Labute approximate surface area is 224 Å². The average Bonchev–Trinajstić information content (AvgIpc) is 3.00. The van der Waals surface area contributed by atoms with Crippen LogP contribution >= 0.6 is 23.2 Å². The highest BCUT2D eigenvalue weighted by atomic mass is 35.5. The third-order valence-corrected chi connectivity index (χ3v) is 7.06. The number of carbonyl (C=O) groups is 3. The second-order valence-electron chi connectivity index (χ2n) is 8.93. The Balaban J connectivity index is 1.67. The monoisotopic (exact) mass is 540 g/mol. The second kappa shape index (κ2) is 11.2. The number of rotatable bonds is 5. The van der Waals surface area contributed by atoms with E-state index in [4.69, 9.17) is 27.9 Å². The Morgan fingerprint density at radius 1 is 1.00 bits per heavy atom. The van der Waals surface area contributed by atoms with Gasteiger partial charge in [-0.15, -0.1) is 11.6 Å². The SMILES string of the molecule is Cc1ccccc1C(=O)Nc1ccc(C(=O)N2c3ccc(Cl)cc3C(OC(=O)O)CCC2CCl)c(C)c1. The predicted octanol–water partition coefficient (Wildman–Crippen LogP) is 6.99. The molecule has 1 heterocycles. The summed E-state index contributed by atoms with van der Waals surface area (Å²) >= 11 is 12.5. The summed E-state index contributed by atoms with van der Waals surface area (Å²) in [4.78, 5) is 39.6. The van der Waals surface area contributed by atoms with Gasteiger partial charge in [0.2, 0.25) is 0 Å². The van der Waals surface area contributed by atoms with Crippen molar-refractivity contribution >= 4 is 52.5 Å². The van der Waals surface area contributed by atoms with E-state index in [-0.39, 0.29) is 17.7 Å². The van der Waals surface area contributed by atoms with E-state index in [1.807, 2.05) is 19.1 Å². The molecule has 1 aliphatic rings. The topological polar surface area (TPSA) is 95.9 Å². The minimum atomic E-state index is -1.41. The molecule has 0 aromatic heterocycles. The number of benzene rings is 3. The fourth-order valence-corrected chi connectivity index (χ4v) is 5.10. The van der Waals surface area contributed by atoms with Crippen LogP contribution in [-0.4, -0.2) is 35.0 Å². The molecule has 0 spiro atoms. The van der Waals surface area contributed by atoms with Crippen LogP contribution in [0.1, 0.15) is 56.4 Å². The van der Waals surface area contributed by atoms with Gasteiger partial charge in [0, 0.05) is 33.3 Å². The molecule has 7 nitrogen and oxygen atoms in total. The molecule has 0 aliphatic carbocycles. The molecule has 0 fully saturated rings. The van der Waals surface area contributed by atoms with E-state index in [9.17, 15) is 19.5 Å². The van der Waals surface area contributed by atoms with Crippen molar-refractivity contribution in [2.45, 2.75) is 38.8 Å². The number of carboxylic acid groups (broad SMARTS) is 1. The molecule has 192 valence electrons. The van der Waals surface area contributed by atoms with E-state index in [1.54, 1.807) is 60.4 Å². The van der Waals surface area contributed by atoms with Crippen LogP contribution in [0.4, 0.5) is 16.2 Å². The zero-order valence-corrected chi connectivity index (χ0v) is 21.8. The number of aryl methyl sites for hydroxylation is 2. The van der Waals surface area contributed by atoms with E-state index in [0.29, 0.717) is 51.5 Å². The van der Waals surface area contributed by atoms with Crippen LogP contribution in [0.3, 0.4) is 0 Å². The van der Waals surface area contributed by atoms with Crippen molar-refractivity contribution in [3.8, 4) is 0 Å². The number of nitrogens with zero attached hydrogens (tertiary/aromatic N) is 1. The maximum absolute atomic E-state index is 13.9. The van der Waals surface area contributed by atoms with E-state index in [1.165, 1.54) is 0 Å². The highest BCUT2D eigenvalue weighted by Gasteiger charge is 2.35. The van der Waals surface area contributed by atoms with Crippen LogP contribution < -0.4 is 10.2 Å². The minimum absolute atomic E-state index is 0.150. The van der Waals surface area contributed by atoms with Crippen molar-refractivity contribution in [1.29, 1.82) is 0 Å². The number of carbonyl (C=O) groups excluding carboxylic acids is 2. The van der Waals surface area contributed by atoms with Gasteiger partial charge in [0.15, 0.2) is 0 Å². The van der Waals surface area contributed by atoms with Gasteiger partial charge >= 0.3 is 6.16 Å². The summed E-state index contributed by atoms with van der Waals surface area (Å²) in [7, 11) is 0. The Morgan fingerprint density at radius 3 is 2.43 bits per heavy atom. The number of nitrogens with one attached hydrogen (secondary N) is 1. The largest absolute Gasteiger partial charge is 0.506 e. The molecule has 2 unspecified atom stereocenters. The lowest BCUT2D eigenvalue weighted by Crippen LogP contribution is -2.41. The van der Waals surface area contributed by atoms with E-state index >= 15 is 0 Å². The van der Waals surface area contributed by atoms with Gasteiger partial charge in [0.05, 0.1) is 11.7 Å². The van der Waals surface area contributed by atoms with Crippen LogP contribution in [0.25, 0.3) is 0 Å². The van der Waals surface area contributed by atoms with E-state index in [2.05, 4.69) is 5.32 Å². The van der Waals surface area contributed by atoms with Gasteiger partial charge in [0.1, 0.15) is 6.10 Å². The Kier molecular flexibility index (Phi) is 8.05. The summed E-state index contributed by atoms with van der Waals surface area (Å²) in [6.45, 7) is 3.66. The lowest BCUT2D eigenvalue weighted by molar-refractivity contribution is 0.0473. The second-order valence-corrected chi connectivity index (χ2v) is 9.68. The number of anilines is 2. The van der Waals surface area contributed by atoms with Crippen molar-refractivity contribution in [3.63, 3.8) is 0 Å². The molecule has 3 aromatic carbocycles. The summed E-state index contributed by atoms with van der Waals surface area (Å²) in [5.41, 5.74) is 4.11. The van der Waals surface area contributed by atoms with Crippen LogP contribution in [0.5, 0.6) is 0 Å². The summed E-state index contributed by atoms with van der Waals surface area (Å²) in [6.07, 6.45) is -1.40. The minimum Gasteiger partial charge on any atom is -0.450 e. The summed E-state index contributed by atoms with van der Waals surface area (Å²) in [5.74, 6) is -0.377. The Bertz CT molecular complexity index is 1360. The molecule has 2 atom stereocenters. The van der Waals surface area contributed by atoms with E-state index in [0.717, 1.165) is 5.56 Å². The zero-order chi connectivity index (χ0) is 26.7. The van der Waals surface area contributed by atoms with Crippen molar-refractivity contribution < 1.29 is 24.2 Å². The smallest absolute Gasteiger partial charge is 0.450 e. The summed E-state index contributed by atoms with van der Waals surface area (Å²) in [6, 6.07) is 17.0. The fraction of sp³-hybridized carbons (Fsp3) is 0.250. The Morgan fingerprint density at radius 2 is 1.76 bits per heavy atom. The van der Waals surface area contributed by atoms with Gasteiger partial charge in [-0.1, -0.05) is 29.8 Å². The van der Waals surface area contributed by atoms with Crippen LogP contribution in [-0.2, 0) is 4.74 Å². The summed E-state index contributed by atoms with van der Waals surface area (Å²) < 4.78 is 5.14. The predicted molar refractivity (Wildman–Crippen MR) is 144 cm³/mol. The van der Waals surface area contributed by atoms with Gasteiger partial charge in [0.25, 0.3) is 11.8 Å². The van der Waals surface area contributed by atoms with Crippen molar-refractivity contribution in [3.05, 3.63) is 93.5 Å². The zero-order valence-electron chi connectivity index (χ0n) is 20.3. The highest BCUT2D eigenvalue weighted by Crippen LogP contribution is 2.40. The molecular formula is C28H26Cl2N2O5. The summed E-state index contributed by atoms with van der Waals surface area (Å²) in [5, 5.41) is 12.5. The Hall–Kier alpha value is -3.55. The number of halogens is 2. The number of hydrogen-bond acceptors (Lipinski definition) is 4. The number of amides is 2. The van der Waals surface area contributed by atoms with Gasteiger partial charge < -0.3 is 20.1 Å². The molecule has 0 saturated heterocycles. The maximum Gasteiger partial charge on any atom is 0.506 e. The van der Waals surface area contributed by atoms with Gasteiger partial charge in [-0.05, 0) is 80.3 Å². The quantitative estimate of drug-likeness (QED) is 0.268. The van der Waals surface area contributed by atoms with E-state index < -0.39 is 18.3 Å². The molecular weight excluding hydrogens is 515 g/mol. The molecule has 9 heteroatoms. The molecule has 2 N–H and O–H groups in total. The number of alkyl halides is 1. The lowest BCUT2D eigenvalue weighted by Gasteiger charge is -2.31. The lowest BCUT2D eigenvalue weighted by atomic mass is 10.0. The van der Waals surface area contributed by atoms with Crippen LogP contribution in [0, 0.1) is 13.8 Å². The average molecular weight is 541 g/mol. The highest BCUT2D eigenvalue weighted by molar-refractivity contribution is 6.30. The van der Waals surface area contributed by atoms with Crippen LogP contribution in [0.15, 0.2) is 60.7 Å². The molecule has 1 aliphatic heterocycles. The maximum atomic E-state index is 13.9. The van der Waals surface area contributed by atoms with Crippen molar-refractivity contribution in [2.75, 3.05) is 16.1 Å². The van der Waals surface area contributed by atoms with Crippen molar-refractivity contribution in [2.24, 2.45) is 0 Å². The third kappa shape index (κ3) is 5.73. The van der Waals surface area contributed by atoms with Gasteiger partial charge in [-0.2, -0.15) is 0 Å². The molecule has 3 aromatic rings. The fourth-order valence-electron chi connectivity index (χ4n) is 4.63. The van der Waals surface area contributed by atoms with Crippen molar-refractivity contribution in [1.82, 2.24) is 0 Å². The standard InChI is InChI=1S/C28H26Cl2N2O5/c1-16-5-3-4-6-21(16)26(33)31-19-8-10-22(17(2)13-19)27(34)32-20(15-29)9-12-25(37-28(35)36)23-14-18(30)7-11-24(23)32/h3-8,10-11,13-14,20,25H,9,12,15H2,1-2H3,(H,31,33)(H,35,36). The molecule has 37 heavy (non-hydrogen) atoms. The normalized spacial score (nSPS) is 16.9. The molecule has 0 radical (unpaired) electrons. The third-order valence-electron chi connectivity index (χ3n) is 6.47. The number of fused-ring (bicyclic) bond motifs is 1.